The average Bonchev–Trinajstić information content (AvgIpc) is 3.11. The lowest BCUT2D eigenvalue weighted by Gasteiger charge is -2.20. The van der Waals surface area contributed by atoms with Gasteiger partial charge >= 0.3 is 6.09 Å². The number of rotatable bonds is 4. The van der Waals surface area contributed by atoms with E-state index in [0.717, 1.165) is 11.4 Å². The van der Waals surface area contributed by atoms with Crippen molar-refractivity contribution in [1.82, 2.24) is 0 Å². The van der Waals surface area contributed by atoms with E-state index in [1.165, 1.54) is 18.7 Å². The number of amides is 2. The first kappa shape index (κ1) is 15.9. The van der Waals surface area contributed by atoms with Crippen LogP contribution in [-0.4, -0.2) is 42.6 Å². The topological polar surface area (TPSA) is 66.9 Å². The van der Waals surface area contributed by atoms with Crippen molar-refractivity contribution in [1.29, 1.82) is 0 Å². The van der Waals surface area contributed by atoms with Crippen LogP contribution in [0, 0.1) is 5.92 Å². The van der Waals surface area contributed by atoms with Crippen molar-refractivity contribution in [3.8, 4) is 0 Å². The molecule has 2 saturated heterocycles. The van der Waals surface area contributed by atoms with E-state index in [2.05, 4.69) is 0 Å². The van der Waals surface area contributed by atoms with E-state index >= 15 is 0 Å². The summed E-state index contributed by atoms with van der Waals surface area (Å²) in [5, 5.41) is 0.0745. The van der Waals surface area contributed by atoms with Gasteiger partial charge in [-0.3, -0.25) is 14.5 Å². The summed E-state index contributed by atoms with van der Waals surface area (Å²) < 4.78 is 4.95. The van der Waals surface area contributed by atoms with Crippen LogP contribution in [0.2, 0.25) is 0 Å². The van der Waals surface area contributed by atoms with Crippen molar-refractivity contribution in [3.63, 3.8) is 0 Å². The lowest BCUT2D eigenvalue weighted by Crippen LogP contribution is -2.26. The van der Waals surface area contributed by atoms with Crippen molar-refractivity contribution in [2.45, 2.75) is 13.3 Å². The van der Waals surface area contributed by atoms with Gasteiger partial charge in [0.2, 0.25) is 5.91 Å². The van der Waals surface area contributed by atoms with Crippen LogP contribution in [0.15, 0.2) is 24.3 Å². The molecule has 1 aromatic rings. The Bertz CT molecular complexity index is 649. The van der Waals surface area contributed by atoms with Gasteiger partial charge in [-0.05, 0) is 24.1 Å². The Hall–Kier alpha value is -2.02. The quantitative estimate of drug-likeness (QED) is 0.845. The molecule has 122 valence electrons. The van der Waals surface area contributed by atoms with Crippen LogP contribution in [0.5, 0.6) is 0 Å². The minimum atomic E-state index is -0.356. The number of anilines is 2. The van der Waals surface area contributed by atoms with E-state index in [9.17, 15) is 14.4 Å². The highest BCUT2D eigenvalue weighted by atomic mass is 32.2. The highest BCUT2D eigenvalue weighted by Gasteiger charge is 2.31. The normalized spacial score (nSPS) is 21.0. The molecule has 0 aromatic heterocycles. The predicted octanol–water partition coefficient (Wildman–Crippen LogP) is 2.28. The summed E-state index contributed by atoms with van der Waals surface area (Å²) in [5.74, 6) is 0.896. The molecule has 1 atom stereocenters. The van der Waals surface area contributed by atoms with Crippen LogP contribution >= 0.6 is 11.8 Å². The van der Waals surface area contributed by atoms with E-state index < -0.39 is 0 Å². The van der Waals surface area contributed by atoms with Crippen LogP contribution in [0.1, 0.15) is 13.3 Å². The molecule has 2 fully saturated rings. The molecule has 23 heavy (non-hydrogen) atoms. The zero-order valence-corrected chi connectivity index (χ0v) is 13.7. The molecule has 0 radical (unpaired) electrons. The van der Waals surface area contributed by atoms with Crippen molar-refractivity contribution in [2.75, 3.05) is 35.2 Å². The van der Waals surface area contributed by atoms with E-state index in [1.807, 2.05) is 24.3 Å². The first-order valence-corrected chi connectivity index (χ1v) is 8.51. The molecule has 2 heterocycles. The summed E-state index contributed by atoms with van der Waals surface area (Å²) in [6, 6.07) is 7.37. The molecule has 7 heteroatoms. The molecule has 0 saturated carbocycles. The number of hydrogen-bond acceptors (Lipinski definition) is 5. The van der Waals surface area contributed by atoms with Crippen LogP contribution < -0.4 is 9.80 Å². The molecule has 0 spiro atoms. The Kier molecular flexibility index (Phi) is 4.56. The molecule has 2 aliphatic heterocycles. The lowest BCUT2D eigenvalue weighted by atomic mass is 10.1. The number of carbonyl (C=O) groups is 3. The summed E-state index contributed by atoms with van der Waals surface area (Å²) in [4.78, 5) is 38.3. The minimum absolute atomic E-state index is 0.0558. The summed E-state index contributed by atoms with van der Waals surface area (Å²) in [6.07, 6.45) is 0.0987. The van der Waals surface area contributed by atoms with E-state index in [0.29, 0.717) is 31.9 Å². The number of cyclic esters (lactones) is 1. The van der Waals surface area contributed by atoms with Gasteiger partial charge in [0.05, 0.1) is 6.54 Å². The Labute approximate surface area is 138 Å². The summed E-state index contributed by atoms with van der Waals surface area (Å²) in [5.41, 5.74) is 1.52. The van der Waals surface area contributed by atoms with Gasteiger partial charge in [0.1, 0.15) is 6.61 Å². The molecule has 0 N–H and O–H groups in total. The Morgan fingerprint density at radius 1 is 1.30 bits per heavy atom. The van der Waals surface area contributed by atoms with Crippen molar-refractivity contribution in [2.24, 2.45) is 5.92 Å². The first-order chi connectivity index (χ1) is 11.0. The maximum atomic E-state index is 12.3. The second-order valence-corrected chi connectivity index (χ2v) is 6.86. The number of ether oxygens (including phenoxy) is 1. The second kappa shape index (κ2) is 6.62. The van der Waals surface area contributed by atoms with Gasteiger partial charge in [-0.1, -0.05) is 17.8 Å². The molecule has 2 amide bonds. The van der Waals surface area contributed by atoms with Crippen LogP contribution in [0.25, 0.3) is 0 Å². The number of carbonyl (C=O) groups excluding carboxylic acids is 3. The van der Waals surface area contributed by atoms with Gasteiger partial charge in [-0.2, -0.15) is 0 Å². The molecule has 0 bridgehead atoms. The molecule has 0 aliphatic carbocycles. The molecular weight excluding hydrogens is 316 g/mol. The lowest BCUT2D eigenvalue weighted by molar-refractivity contribution is -0.117. The SMILES string of the molecule is CC(=O)SCC1CC(=O)N(c2cccc(N3CCOC3=O)c2)C1. The monoisotopic (exact) mass is 334 g/mol. The third-order valence-corrected chi connectivity index (χ3v) is 4.99. The van der Waals surface area contributed by atoms with Crippen molar-refractivity contribution in [3.05, 3.63) is 24.3 Å². The zero-order chi connectivity index (χ0) is 16.4. The van der Waals surface area contributed by atoms with Gasteiger partial charge in [0, 0.05) is 37.0 Å². The Balaban J connectivity index is 1.73. The molecular formula is C16H18N2O4S. The van der Waals surface area contributed by atoms with Gasteiger partial charge < -0.3 is 9.64 Å². The average molecular weight is 334 g/mol. The first-order valence-electron chi connectivity index (χ1n) is 7.52. The molecule has 3 rings (SSSR count). The van der Waals surface area contributed by atoms with Crippen molar-refractivity contribution < 1.29 is 19.1 Å². The van der Waals surface area contributed by atoms with Gasteiger partial charge in [-0.15, -0.1) is 0 Å². The number of nitrogens with zero attached hydrogens (tertiary/aromatic N) is 2. The molecule has 1 unspecified atom stereocenters. The van der Waals surface area contributed by atoms with Crippen molar-refractivity contribution >= 4 is 40.3 Å². The summed E-state index contributed by atoms with van der Waals surface area (Å²) in [6.45, 7) is 3.05. The standard InChI is InChI=1S/C16H18N2O4S/c1-11(19)23-10-12-7-15(20)18(9-12)14-4-2-3-13(8-14)17-5-6-22-16(17)21/h2-4,8,12H,5-7,9-10H2,1H3. The smallest absolute Gasteiger partial charge is 0.414 e. The van der Waals surface area contributed by atoms with Gasteiger partial charge in [0.25, 0.3) is 0 Å². The number of benzene rings is 1. The fraction of sp³-hybridized carbons (Fsp3) is 0.438. The van der Waals surface area contributed by atoms with Gasteiger partial charge in [-0.25, -0.2) is 4.79 Å². The van der Waals surface area contributed by atoms with E-state index in [-0.39, 0.29) is 23.0 Å². The largest absolute Gasteiger partial charge is 0.447 e. The zero-order valence-electron chi connectivity index (χ0n) is 12.9. The van der Waals surface area contributed by atoms with E-state index in [1.54, 1.807) is 9.80 Å². The van der Waals surface area contributed by atoms with E-state index in [4.69, 9.17) is 4.74 Å². The molecule has 1 aromatic carbocycles. The maximum Gasteiger partial charge on any atom is 0.414 e. The van der Waals surface area contributed by atoms with Crippen LogP contribution in [-0.2, 0) is 14.3 Å². The number of thioether (sulfide) groups is 1. The Morgan fingerprint density at radius 3 is 2.70 bits per heavy atom. The molecule has 6 nitrogen and oxygen atoms in total. The molecule has 2 aliphatic rings. The van der Waals surface area contributed by atoms with Crippen LogP contribution in [0.4, 0.5) is 16.2 Å². The maximum absolute atomic E-state index is 12.3. The third kappa shape index (κ3) is 3.50. The highest BCUT2D eigenvalue weighted by molar-refractivity contribution is 8.13. The number of hydrogen-bond donors (Lipinski definition) is 0. The second-order valence-electron chi connectivity index (χ2n) is 5.66. The third-order valence-electron chi connectivity index (χ3n) is 3.94. The fourth-order valence-electron chi connectivity index (χ4n) is 2.83. The van der Waals surface area contributed by atoms with Gasteiger partial charge in [0.15, 0.2) is 5.12 Å². The Morgan fingerprint density at radius 2 is 2.04 bits per heavy atom. The van der Waals surface area contributed by atoms with Crippen LogP contribution in [0.3, 0.4) is 0 Å². The predicted molar refractivity (Wildman–Crippen MR) is 88.7 cm³/mol. The fourth-order valence-corrected chi connectivity index (χ4v) is 3.53. The minimum Gasteiger partial charge on any atom is -0.447 e. The summed E-state index contributed by atoms with van der Waals surface area (Å²) in [7, 11) is 0. The summed E-state index contributed by atoms with van der Waals surface area (Å²) >= 11 is 1.26. The highest BCUT2D eigenvalue weighted by Crippen LogP contribution is 2.30.